The van der Waals surface area contributed by atoms with E-state index in [0.717, 1.165) is 30.4 Å². The molecule has 6 heteroatoms. The third-order valence-electron chi connectivity index (χ3n) is 1.99. The predicted molar refractivity (Wildman–Crippen MR) is 62.3 cm³/mol. The molecule has 15 heavy (non-hydrogen) atoms. The van der Waals surface area contributed by atoms with Crippen LogP contribution in [0.5, 0.6) is 0 Å². The Morgan fingerprint density at radius 3 is 2.93 bits per heavy atom. The van der Waals surface area contributed by atoms with E-state index in [-0.39, 0.29) is 5.69 Å². The smallest absolute Gasteiger partial charge is 0.317 e. The van der Waals surface area contributed by atoms with E-state index in [1.165, 1.54) is 11.0 Å². The van der Waals surface area contributed by atoms with Gasteiger partial charge in [0.2, 0.25) is 0 Å². The molecule has 0 saturated carbocycles. The SMILES string of the molecule is CCCNCCCSc1n[nH]c(=O)n1C. The zero-order chi connectivity index (χ0) is 11.1. The number of rotatable bonds is 7. The number of thioether (sulfide) groups is 1. The first-order valence-corrected chi connectivity index (χ1v) is 6.19. The lowest BCUT2D eigenvalue weighted by atomic mass is 10.4. The molecule has 1 heterocycles. The fourth-order valence-electron chi connectivity index (χ4n) is 1.12. The van der Waals surface area contributed by atoms with Crippen LogP contribution in [-0.4, -0.2) is 33.6 Å². The third-order valence-corrected chi connectivity index (χ3v) is 3.11. The van der Waals surface area contributed by atoms with Crippen LogP contribution in [-0.2, 0) is 7.05 Å². The lowest BCUT2D eigenvalue weighted by molar-refractivity contribution is 0.663. The molecule has 0 radical (unpaired) electrons. The van der Waals surface area contributed by atoms with E-state index in [4.69, 9.17) is 0 Å². The van der Waals surface area contributed by atoms with Crippen molar-refractivity contribution in [3.8, 4) is 0 Å². The molecule has 1 rings (SSSR count). The molecule has 0 unspecified atom stereocenters. The van der Waals surface area contributed by atoms with Crippen LogP contribution in [0.2, 0.25) is 0 Å². The standard InChI is InChI=1S/C9H18N4OS/c1-3-5-10-6-4-7-15-9-12-11-8(14)13(9)2/h10H,3-7H2,1-2H3,(H,11,14). The van der Waals surface area contributed by atoms with E-state index in [2.05, 4.69) is 22.4 Å². The quantitative estimate of drug-likeness (QED) is 0.531. The fraction of sp³-hybridized carbons (Fsp3) is 0.778. The summed E-state index contributed by atoms with van der Waals surface area (Å²) in [6, 6.07) is 0. The summed E-state index contributed by atoms with van der Waals surface area (Å²) >= 11 is 1.61. The molecule has 2 N–H and O–H groups in total. The zero-order valence-corrected chi connectivity index (χ0v) is 10.1. The number of hydrogen-bond acceptors (Lipinski definition) is 4. The Balaban J connectivity index is 2.15. The topological polar surface area (TPSA) is 62.7 Å². The molecule has 0 saturated heterocycles. The Hall–Kier alpha value is -0.750. The number of nitrogens with one attached hydrogen (secondary N) is 2. The van der Waals surface area contributed by atoms with Gasteiger partial charge in [-0.15, -0.1) is 5.10 Å². The summed E-state index contributed by atoms with van der Waals surface area (Å²) in [7, 11) is 1.73. The second kappa shape index (κ2) is 6.68. The van der Waals surface area contributed by atoms with Crippen LogP contribution >= 0.6 is 11.8 Å². The van der Waals surface area contributed by atoms with E-state index in [1.54, 1.807) is 18.8 Å². The first kappa shape index (κ1) is 12.3. The van der Waals surface area contributed by atoms with Crippen LogP contribution in [0, 0.1) is 0 Å². The van der Waals surface area contributed by atoms with Crippen LogP contribution in [0.4, 0.5) is 0 Å². The van der Waals surface area contributed by atoms with Gasteiger partial charge >= 0.3 is 5.69 Å². The van der Waals surface area contributed by atoms with Crippen molar-refractivity contribution in [2.75, 3.05) is 18.8 Å². The van der Waals surface area contributed by atoms with Crippen molar-refractivity contribution in [3.63, 3.8) is 0 Å². The molecule has 86 valence electrons. The summed E-state index contributed by atoms with van der Waals surface area (Å²) in [6.07, 6.45) is 2.26. The van der Waals surface area contributed by atoms with Gasteiger partial charge in [0.1, 0.15) is 0 Å². The van der Waals surface area contributed by atoms with E-state index in [0.29, 0.717) is 0 Å². The normalized spacial score (nSPS) is 10.8. The van der Waals surface area contributed by atoms with Crippen LogP contribution in [0.1, 0.15) is 19.8 Å². The second-order valence-corrected chi connectivity index (χ2v) is 4.38. The maximum atomic E-state index is 11.0. The Morgan fingerprint density at radius 2 is 2.33 bits per heavy atom. The maximum absolute atomic E-state index is 11.0. The van der Waals surface area contributed by atoms with Gasteiger partial charge in [-0.1, -0.05) is 18.7 Å². The van der Waals surface area contributed by atoms with E-state index >= 15 is 0 Å². The molecule has 1 aromatic heterocycles. The molecule has 0 aliphatic heterocycles. The average molecular weight is 230 g/mol. The third kappa shape index (κ3) is 4.09. The molecular weight excluding hydrogens is 212 g/mol. The highest BCUT2D eigenvalue weighted by Crippen LogP contribution is 2.12. The van der Waals surface area contributed by atoms with Gasteiger partial charge in [0, 0.05) is 12.8 Å². The molecule has 0 spiro atoms. The Kier molecular flexibility index (Phi) is 5.49. The molecule has 5 nitrogen and oxygen atoms in total. The minimum Gasteiger partial charge on any atom is -0.317 e. The van der Waals surface area contributed by atoms with Crippen molar-refractivity contribution < 1.29 is 0 Å². The van der Waals surface area contributed by atoms with E-state index in [9.17, 15) is 4.79 Å². The van der Waals surface area contributed by atoms with Crippen LogP contribution in [0.25, 0.3) is 0 Å². The largest absolute Gasteiger partial charge is 0.343 e. The molecule has 0 amide bonds. The van der Waals surface area contributed by atoms with Crippen LogP contribution in [0.15, 0.2) is 9.95 Å². The van der Waals surface area contributed by atoms with E-state index < -0.39 is 0 Å². The molecule has 0 bridgehead atoms. The minimum absolute atomic E-state index is 0.151. The molecular formula is C9H18N4OS. The minimum atomic E-state index is -0.151. The number of hydrogen-bond donors (Lipinski definition) is 2. The van der Waals surface area contributed by atoms with Gasteiger partial charge in [-0.2, -0.15) is 0 Å². The van der Waals surface area contributed by atoms with Crippen molar-refractivity contribution in [2.45, 2.75) is 24.9 Å². The van der Waals surface area contributed by atoms with Crippen molar-refractivity contribution >= 4 is 11.8 Å². The van der Waals surface area contributed by atoms with Crippen molar-refractivity contribution in [3.05, 3.63) is 10.5 Å². The van der Waals surface area contributed by atoms with Crippen LogP contribution < -0.4 is 11.0 Å². The summed E-state index contributed by atoms with van der Waals surface area (Å²) < 4.78 is 1.53. The first-order valence-electron chi connectivity index (χ1n) is 5.20. The summed E-state index contributed by atoms with van der Waals surface area (Å²) in [5, 5.41) is 10.4. The van der Waals surface area contributed by atoms with Gasteiger partial charge in [0.25, 0.3) is 0 Å². The number of H-pyrrole nitrogens is 1. The average Bonchev–Trinajstić information content (AvgIpc) is 2.54. The van der Waals surface area contributed by atoms with Crippen LogP contribution in [0.3, 0.4) is 0 Å². The van der Waals surface area contributed by atoms with Gasteiger partial charge < -0.3 is 5.32 Å². The zero-order valence-electron chi connectivity index (χ0n) is 9.25. The molecule has 0 aliphatic carbocycles. The lowest BCUT2D eigenvalue weighted by Crippen LogP contribution is -2.16. The molecule has 0 atom stereocenters. The van der Waals surface area contributed by atoms with E-state index in [1.807, 2.05) is 0 Å². The fourth-order valence-corrected chi connectivity index (χ4v) is 1.98. The highest BCUT2D eigenvalue weighted by atomic mass is 32.2. The highest BCUT2D eigenvalue weighted by Gasteiger charge is 2.03. The number of aromatic nitrogens is 3. The Labute approximate surface area is 93.6 Å². The summed E-state index contributed by atoms with van der Waals surface area (Å²) in [4.78, 5) is 11.0. The van der Waals surface area contributed by atoms with Gasteiger partial charge in [-0.05, 0) is 25.9 Å². The Bertz CT molecular complexity index is 333. The molecule has 1 aromatic rings. The molecule has 0 aliphatic rings. The van der Waals surface area contributed by atoms with Crippen molar-refractivity contribution in [1.82, 2.24) is 20.1 Å². The number of nitrogens with zero attached hydrogens (tertiary/aromatic N) is 2. The highest BCUT2D eigenvalue weighted by molar-refractivity contribution is 7.99. The number of aromatic amines is 1. The predicted octanol–water partition coefficient (Wildman–Crippen LogP) is 0.590. The van der Waals surface area contributed by atoms with Gasteiger partial charge in [-0.25, -0.2) is 9.89 Å². The molecule has 0 aromatic carbocycles. The lowest BCUT2D eigenvalue weighted by Gasteiger charge is -2.02. The van der Waals surface area contributed by atoms with Gasteiger partial charge in [0.05, 0.1) is 0 Å². The summed E-state index contributed by atoms with van der Waals surface area (Å²) in [5.41, 5.74) is -0.151. The first-order chi connectivity index (χ1) is 7.25. The van der Waals surface area contributed by atoms with Gasteiger partial charge in [0.15, 0.2) is 5.16 Å². The second-order valence-electron chi connectivity index (χ2n) is 3.32. The molecule has 0 fully saturated rings. The summed E-state index contributed by atoms with van der Waals surface area (Å²) in [6.45, 7) is 4.26. The maximum Gasteiger partial charge on any atom is 0.343 e. The van der Waals surface area contributed by atoms with Gasteiger partial charge in [-0.3, -0.25) is 4.57 Å². The monoisotopic (exact) mass is 230 g/mol. The Morgan fingerprint density at radius 1 is 1.53 bits per heavy atom. The summed E-state index contributed by atoms with van der Waals surface area (Å²) in [5.74, 6) is 0.981. The van der Waals surface area contributed by atoms with Crippen molar-refractivity contribution in [2.24, 2.45) is 7.05 Å². The van der Waals surface area contributed by atoms with Crippen molar-refractivity contribution in [1.29, 1.82) is 0 Å².